The Balaban J connectivity index is 0.00000200. The van der Waals surface area contributed by atoms with Gasteiger partial charge in [0.25, 0.3) is 0 Å². The second-order valence-electron chi connectivity index (χ2n) is 6.27. The predicted octanol–water partition coefficient (Wildman–Crippen LogP) is 2.07. The quantitative estimate of drug-likeness (QED) is 0.778. The van der Waals surface area contributed by atoms with E-state index in [2.05, 4.69) is 22.5 Å². The van der Waals surface area contributed by atoms with Crippen molar-refractivity contribution in [2.24, 2.45) is 11.8 Å². The van der Waals surface area contributed by atoms with E-state index < -0.39 is 0 Å². The fourth-order valence-electron chi connectivity index (χ4n) is 3.02. The van der Waals surface area contributed by atoms with E-state index in [4.69, 9.17) is 0 Å². The van der Waals surface area contributed by atoms with Gasteiger partial charge in [-0.25, -0.2) is 0 Å². The van der Waals surface area contributed by atoms with Gasteiger partial charge in [0.1, 0.15) is 0 Å². The molecule has 0 aromatic rings. The van der Waals surface area contributed by atoms with Crippen LogP contribution >= 0.6 is 24.8 Å². The van der Waals surface area contributed by atoms with Gasteiger partial charge in [-0.15, -0.1) is 24.8 Å². The molecule has 6 heteroatoms. The fraction of sp³-hybridized carbons (Fsp3) is 0.933. The van der Waals surface area contributed by atoms with Crippen LogP contribution in [-0.2, 0) is 4.79 Å². The molecule has 1 unspecified atom stereocenters. The molecule has 2 N–H and O–H groups in total. The number of hydrogen-bond donors (Lipinski definition) is 2. The van der Waals surface area contributed by atoms with E-state index in [9.17, 15) is 4.79 Å². The summed E-state index contributed by atoms with van der Waals surface area (Å²) in [6, 6.07) is 0. The standard InChI is InChI=1S/C15H29N3O.2ClH/c1-13-5-9-18(10-6-13)11-8-17-15(19)3-2-14-4-7-16-12-14;;/h13-14,16H,2-12H2,1H3,(H,17,19);2*1H. The summed E-state index contributed by atoms with van der Waals surface area (Å²) < 4.78 is 0. The predicted molar refractivity (Wildman–Crippen MR) is 92.6 cm³/mol. The summed E-state index contributed by atoms with van der Waals surface area (Å²) in [5.41, 5.74) is 0. The van der Waals surface area contributed by atoms with Crippen LogP contribution in [0, 0.1) is 11.8 Å². The van der Waals surface area contributed by atoms with Crippen LogP contribution in [0.4, 0.5) is 0 Å². The lowest BCUT2D eigenvalue weighted by Crippen LogP contribution is -2.39. The number of likely N-dealkylation sites (tertiary alicyclic amines) is 1. The van der Waals surface area contributed by atoms with Crippen molar-refractivity contribution in [1.82, 2.24) is 15.5 Å². The first-order valence-electron chi connectivity index (χ1n) is 7.94. The van der Waals surface area contributed by atoms with Crippen molar-refractivity contribution >= 4 is 30.7 Å². The van der Waals surface area contributed by atoms with Gasteiger partial charge in [-0.05, 0) is 63.7 Å². The second kappa shape index (κ2) is 11.5. The Kier molecular flexibility index (Phi) is 11.5. The number of nitrogens with one attached hydrogen (secondary N) is 2. The van der Waals surface area contributed by atoms with E-state index in [1.165, 1.54) is 32.4 Å². The Hall–Kier alpha value is -0.0300. The molecule has 1 amide bonds. The third kappa shape index (κ3) is 8.24. The maximum absolute atomic E-state index is 11.7. The SMILES string of the molecule is CC1CCN(CCNC(=O)CCC2CCNC2)CC1.Cl.Cl. The Labute approximate surface area is 141 Å². The van der Waals surface area contributed by atoms with Gasteiger partial charge >= 0.3 is 0 Å². The molecule has 2 fully saturated rings. The van der Waals surface area contributed by atoms with E-state index in [0.29, 0.717) is 12.3 Å². The highest BCUT2D eigenvalue weighted by Crippen LogP contribution is 2.15. The first-order chi connectivity index (χ1) is 9.24. The van der Waals surface area contributed by atoms with Gasteiger partial charge < -0.3 is 15.5 Å². The van der Waals surface area contributed by atoms with Gasteiger partial charge in [-0.1, -0.05) is 6.92 Å². The van der Waals surface area contributed by atoms with Gasteiger partial charge in [0.05, 0.1) is 0 Å². The molecule has 21 heavy (non-hydrogen) atoms. The Morgan fingerprint density at radius 1 is 1.24 bits per heavy atom. The highest BCUT2D eigenvalue weighted by atomic mass is 35.5. The van der Waals surface area contributed by atoms with Crippen molar-refractivity contribution in [2.75, 3.05) is 39.3 Å². The highest BCUT2D eigenvalue weighted by molar-refractivity contribution is 5.85. The summed E-state index contributed by atoms with van der Waals surface area (Å²) in [4.78, 5) is 14.2. The van der Waals surface area contributed by atoms with Gasteiger partial charge in [-0.2, -0.15) is 0 Å². The maximum atomic E-state index is 11.7. The summed E-state index contributed by atoms with van der Waals surface area (Å²) >= 11 is 0. The normalized spacial score (nSPS) is 23.2. The minimum absolute atomic E-state index is 0. The average molecular weight is 340 g/mol. The first kappa shape index (κ1) is 21.0. The number of halogens is 2. The minimum atomic E-state index is 0. The lowest BCUT2D eigenvalue weighted by atomic mass is 9.99. The van der Waals surface area contributed by atoms with Gasteiger partial charge in [0.15, 0.2) is 0 Å². The van der Waals surface area contributed by atoms with Crippen molar-refractivity contribution in [3.05, 3.63) is 0 Å². The summed E-state index contributed by atoms with van der Waals surface area (Å²) in [5, 5.41) is 6.41. The number of nitrogens with zero attached hydrogens (tertiary/aromatic N) is 1. The summed E-state index contributed by atoms with van der Waals surface area (Å²) in [7, 11) is 0. The zero-order valence-corrected chi connectivity index (χ0v) is 14.7. The number of rotatable bonds is 6. The first-order valence-corrected chi connectivity index (χ1v) is 7.94. The molecule has 2 aliphatic heterocycles. The van der Waals surface area contributed by atoms with Crippen molar-refractivity contribution in [3.63, 3.8) is 0 Å². The Morgan fingerprint density at radius 2 is 1.95 bits per heavy atom. The molecular formula is C15H31Cl2N3O. The van der Waals surface area contributed by atoms with E-state index in [1.54, 1.807) is 0 Å². The van der Waals surface area contributed by atoms with Crippen LogP contribution in [0.1, 0.15) is 39.0 Å². The van der Waals surface area contributed by atoms with Gasteiger partial charge in [0, 0.05) is 19.5 Å². The van der Waals surface area contributed by atoms with Crippen LogP contribution in [0.2, 0.25) is 0 Å². The molecule has 4 nitrogen and oxygen atoms in total. The lowest BCUT2D eigenvalue weighted by Gasteiger charge is -2.30. The third-order valence-corrected chi connectivity index (χ3v) is 4.57. The van der Waals surface area contributed by atoms with Crippen LogP contribution in [0.25, 0.3) is 0 Å². The number of amides is 1. The minimum Gasteiger partial charge on any atom is -0.355 e. The molecule has 2 aliphatic rings. The number of carbonyl (C=O) groups excluding carboxylic acids is 1. The van der Waals surface area contributed by atoms with E-state index in [-0.39, 0.29) is 30.7 Å². The fourth-order valence-corrected chi connectivity index (χ4v) is 3.02. The van der Waals surface area contributed by atoms with Crippen LogP contribution in [0.5, 0.6) is 0 Å². The highest BCUT2D eigenvalue weighted by Gasteiger charge is 2.17. The van der Waals surface area contributed by atoms with Gasteiger partial charge in [0.2, 0.25) is 5.91 Å². The molecule has 0 spiro atoms. The average Bonchev–Trinajstić information content (AvgIpc) is 2.92. The molecule has 0 aliphatic carbocycles. The number of carbonyl (C=O) groups is 1. The number of hydrogen-bond acceptors (Lipinski definition) is 3. The van der Waals surface area contributed by atoms with Gasteiger partial charge in [-0.3, -0.25) is 4.79 Å². The zero-order valence-electron chi connectivity index (χ0n) is 13.1. The molecule has 1 atom stereocenters. The Bertz CT molecular complexity index is 278. The number of piperidine rings is 1. The largest absolute Gasteiger partial charge is 0.355 e. The van der Waals surface area contributed by atoms with E-state index >= 15 is 0 Å². The van der Waals surface area contributed by atoms with Crippen molar-refractivity contribution in [2.45, 2.75) is 39.0 Å². The molecule has 2 heterocycles. The maximum Gasteiger partial charge on any atom is 0.220 e. The van der Waals surface area contributed by atoms with Crippen LogP contribution < -0.4 is 10.6 Å². The summed E-state index contributed by atoms with van der Waals surface area (Å²) in [6.07, 6.45) is 5.59. The smallest absolute Gasteiger partial charge is 0.220 e. The van der Waals surface area contributed by atoms with Crippen molar-refractivity contribution in [1.29, 1.82) is 0 Å². The molecule has 0 aromatic carbocycles. The third-order valence-electron chi connectivity index (χ3n) is 4.57. The monoisotopic (exact) mass is 339 g/mol. The molecule has 0 saturated carbocycles. The molecule has 126 valence electrons. The molecule has 0 aromatic heterocycles. The van der Waals surface area contributed by atoms with Crippen LogP contribution in [0.3, 0.4) is 0 Å². The van der Waals surface area contributed by atoms with E-state index in [0.717, 1.165) is 38.5 Å². The van der Waals surface area contributed by atoms with Crippen molar-refractivity contribution < 1.29 is 4.79 Å². The zero-order chi connectivity index (χ0) is 13.5. The second-order valence-corrected chi connectivity index (χ2v) is 6.27. The lowest BCUT2D eigenvalue weighted by molar-refractivity contribution is -0.121. The van der Waals surface area contributed by atoms with Crippen LogP contribution in [-0.4, -0.2) is 50.1 Å². The Morgan fingerprint density at radius 3 is 2.57 bits per heavy atom. The van der Waals surface area contributed by atoms with E-state index in [1.807, 2.05) is 0 Å². The molecule has 0 radical (unpaired) electrons. The molecular weight excluding hydrogens is 309 g/mol. The molecule has 2 rings (SSSR count). The van der Waals surface area contributed by atoms with Crippen molar-refractivity contribution in [3.8, 4) is 0 Å². The molecule has 0 bridgehead atoms. The topological polar surface area (TPSA) is 44.4 Å². The molecule has 2 saturated heterocycles. The summed E-state index contributed by atoms with van der Waals surface area (Å²) in [6.45, 7) is 8.78. The summed E-state index contributed by atoms with van der Waals surface area (Å²) in [5.74, 6) is 1.83. The van der Waals surface area contributed by atoms with Crippen LogP contribution in [0.15, 0.2) is 0 Å².